The van der Waals surface area contributed by atoms with Crippen LogP contribution in [0.5, 0.6) is 5.75 Å². The number of alkyl halides is 7. The van der Waals surface area contributed by atoms with E-state index in [2.05, 4.69) is 24.8 Å². The number of thiazole rings is 2. The van der Waals surface area contributed by atoms with Crippen LogP contribution >= 0.6 is 45.9 Å². The summed E-state index contributed by atoms with van der Waals surface area (Å²) in [5, 5.41) is 5.52. The summed E-state index contributed by atoms with van der Waals surface area (Å²) in [7, 11) is -6.44. The SMILES string of the molecule is Cc1nc(C(F)F)c(C(=O)Nc2ccccc2-c2ccc(F)c(Cl)c2)s1.Cc1nc(C(F)F)c(C(=O)Nc2ccccc2B2OC(C)(C)C(C)(C)O2)s1.O=S(=O)(Oc1ccc(F)c(Cl)c1)C(F)(F)F. The second-order valence-electron chi connectivity index (χ2n) is 15.3. The zero-order valence-electron chi connectivity index (χ0n) is 36.4. The van der Waals surface area contributed by atoms with Gasteiger partial charge in [-0.15, -0.1) is 22.7 Å². The third kappa shape index (κ3) is 13.3. The lowest BCUT2D eigenvalue weighted by Crippen LogP contribution is -2.41. The van der Waals surface area contributed by atoms with E-state index in [1.165, 1.54) is 18.2 Å². The van der Waals surface area contributed by atoms with Crippen LogP contribution in [0.3, 0.4) is 0 Å². The Bertz CT molecular complexity index is 2940. The van der Waals surface area contributed by atoms with Crippen molar-refractivity contribution < 1.29 is 71.0 Å². The van der Waals surface area contributed by atoms with Crippen molar-refractivity contribution >= 4 is 91.8 Å². The zero-order valence-corrected chi connectivity index (χ0v) is 40.4. The lowest BCUT2D eigenvalue weighted by Gasteiger charge is -2.32. The molecule has 1 fully saturated rings. The first-order valence-electron chi connectivity index (χ1n) is 19.6. The largest absolute Gasteiger partial charge is 0.534 e. The number of hydrogen-bond acceptors (Lipinski definition) is 11. The maximum atomic E-state index is 13.4. The summed E-state index contributed by atoms with van der Waals surface area (Å²) < 4.78 is 151. The predicted molar refractivity (Wildman–Crippen MR) is 246 cm³/mol. The van der Waals surface area contributed by atoms with Crippen molar-refractivity contribution in [2.75, 3.05) is 10.6 Å². The number of aryl methyl sites for hydroxylation is 2. The standard InChI is InChI=1S/C18H21BF2N2O3S.C18H12ClF3N2OS.C7H3ClF4O3S/c1-10-22-13(15(20)21)14(27-10)16(24)23-12-9-7-6-8-11(12)19-25-17(2,3)18(4,5)26-19;1-9-23-15(17(21)22)16(26-9)18(25)24-14-5-3-2-4-11(14)10-6-7-13(20)12(19)8-10;8-5-3-4(1-2-6(5)9)15-16(13,14)7(10,11)12/h6-9,15H,1-5H3,(H,23,24);2-8,17H,1H3,(H,24,25);1-3H. The number of aromatic nitrogens is 2. The molecule has 1 aliphatic rings. The van der Waals surface area contributed by atoms with Crippen LogP contribution in [-0.4, -0.2) is 54.0 Å². The van der Waals surface area contributed by atoms with Gasteiger partial charge in [-0.25, -0.2) is 36.3 Å². The van der Waals surface area contributed by atoms with Crippen LogP contribution in [0.15, 0.2) is 84.9 Å². The molecule has 2 N–H and O–H groups in total. The van der Waals surface area contributed by atoms with Crippen molar-refractivity contribution in [3.63, 3.8) is 0 Å². The molecule has 0 bridgehead atoms. The van der Waals surface area contributed by atoms with E-state index in [0.29, 0.717) is 56.2 Å². The van der Waals surface area contributed by atoms with Gasteiger partial charge in [-0.2, -0.15) is 21.6 Å². The highest BCUT2D eigenvalue weighted by Gasteiger charge is 2.52. The maximum Gasteiger partial charge on any atom is 0.534 e. The summed E-state index contributed by atoms with van der Waals surface area (Å²) in [6.07, 6.45) is -5.65. The smallest absolute Gasteiger partial charge is 0.399 e. The van der Waals surface area contributed by atoms with Gasteiger partial charge in [0.15, 0.2) is 0 Å². The minimum atomic E-state index is -5.76. The Morgan fingerprint density at radius 1 is 0.710 bits per heavy atom. The second kappa shape index (κ2) is 21.8. The Balaban J connectivity index is 0.000000200. The molecule has 2 amide bonds. The lowest BCUT2D eigenvalue weighted by molar-refractivity contribution is -0.0500. The van der Waals surface area contributed by atoms with E-state index < -0.39 is 92.4 Å². The summed E-state index contributed by atoms with van der Waals surface area (Å²) in [4.78, 5) is 32.4. The molecule has 0 unspecified atom stereocenters. The molecule has 26 heteroatoms. The van der Waals surface area contributed by atoms with Crippen molar-refractivity contribution in [2.45, 2.75) is 71.1 Å². The van der Waals surface area contributed by atoms with Gasteiger partial charge in [0.05, 0.1) is 31.3 Å². The van der Waals surface area contributed by atoms with E-state index in [4.69, 9.17) is 32.5 Å². The van der Waals surface area contributed by atoms with Crippen LogP contribution in [0.25, 0.3) is 11.1 Å². The van der Waals surface area contributed by atoms with Gasteiger partial charge in [0.1, 0.15) is 38.5 Å². The summed E-state index contributed by atoms with van der Waals surface area (Å²) in [5.41, 5.74) is -5.00. The Labute approximate surface area is 407 Å². The second-order valence-corrected chi connectivity index (χ2v) is 20.1. The fourth-order valence-electron chi connectivity index (χ4n) is 5.86. The third-order valence-corrected chi connectivity index (χ3v) is 13.4. The Morgan fingerprint density at radius 2 is 1.16 bits per heavy atom. The first-order valence-corrected chi connectivity index (χ1v) is 23.4. The first kappa shape index (κ1) is 54.7. The number of amides is 2. The molecular formula is C43H36BCl2F9N4O7S3. The van der Waals surface area contributed by atoms with E-state index >= 15 is 0 Å². The number of nitrogens with zero attached hydrogens (tertiary/aromatic N) is 2. The molecule has 0 saturated carbocycles. The van der Waals surface area contributed by atoms with Gasteiger partial charge in [-0.05, 0) is 83.5 Å². The highest BCUT2D eigenvalue weighted by atomic mass is 35.5. The van der Waals surface area contributed by atoms with E-state index in [-0.39, 0.29) is 14.8 Å². The highest BCUT2D eigenvalue weighted by molar-refractivity contribution is 7.88. The van der Waals surface area contributed by atoms with E-state index in [1.54, 1.807) is 62.4 Å². The van der Waals surface area contributed by atoms with Gasteiger partial charge in [-0.3, -0.25) is 9.59 Å². The average Bonchev–Trinajstić information content (AvgIpc) is 3.92. The van der Waals surface area contributed by atoms with Crippen molar-refractivity contribution in [1.82, 2.24) is 9.97 Å². The van der Waals surface area contributed by atoms with E-state index in [1.807, 2.05) is 27.7 Å². The summed E-state index contributed by atoms with van der Waals surface area (Å²) in [6, 6.07) is 20.0. The quantitative estimate of drug-likeness (QED) is 0.0592. The molecule has 1 aliphatic heterocycles. The molecule has 0 spiro atoms. The summed E-state index contributed by atoms with van der Waals surface area (Å²) >= 11 is 12.9. The molecular weight excluding hydrogens is 1030 g/mol. The number of carbonyl (C=O) groups is 2. The number of hydrogen-bond donors (Lipinski definition) is 2. The van der Waals surface area contributed by atoms with Crippen molar-refractivity contribution in [1.29, 1.82) is 0 Å². The monoisotopic (exact) mass is 1070 g/mol. The van der Waals surface area contributed by atoms with Gasteiger partial charge in [0.25, 0.3) is 24.7 Å². The van der Waals surface area contributed by atoms with Gasteiger partial charge in [0.2, 0.25) is 0 Å². The maximum absolute atomic E-state index is 13.4. The molecule has 4 aromatic carbocycles. The molecule has 0 radical (unpaired) electrons. The molecule has 1 saturated heterocycles. The number of rotatable bonds is 10. The molecule has 368 valence electrons. The molecule has 3 heterocycles. The zero-order chi connectivity index (χ0) is 51.4. The Hall–Kier alpha value is -5.24. The fourth-order valence-corrected chi connectivity index (χ4v) is 8.31. The number of benzene rings is 4. The highest BCUT2D eigenvalue weighted by Crippen LogP contribution is 2.38. The van der Waals surface area contributed by atoms with Gasteiger partial charge >= 0.3 is 22.7 Å². The van der Waals surface area contributed by atoms with E-state index in [9.17, 15) is 57.5 Å². The minimum Gasteiger partial charge on any atom is -0.399 e. The van der Waals surface area contributed by atoms with Crippen LogP contribution in [0, 0.1) is 25.5 Å². The molecule has 69 heavy (non-hydrogen) atoms. The number of halogens is 11. The van der Waals surface area contributed by atoms with E-state index in [0.717, 1.165) is 22.7 Å². The van der Waals surface area contributed by atoms with Crippen molar-refractivity contribution in [3.8, 4) is 16.9 Å². The van der Waals surface area contributed by atoms with Crippen molar-refractivity contribution in [2.24, 2.45) is 0 Å². The minimum absolute atomic E-state index is 0.0540. The first-order chi connectivity index (χ1) is 32.0. The predicted octanol–water partition coefficient (Wildman–Crippen LogP) is 12.7. The van der Waals surface area contributed by atoms with Crippen molar-refractivity contribution in [3.05, 3.63) is 138 Å². The third-order valence-electron chi connectivity index (χ3n) is 9.85. The molecule has 7 rings (SSSR count). The summed E-state index contributed by atoms with van der Waals surface area (Å²) in [6.45, 7) is 10.9. The number of nitrogens with one attached hydrogen (secondary N) is 2. The fraction of sp³-hybridized carbons (Fsp3) is 0.256. The molecule has 2 aromatic heterocycles. The Kier molecular flexibility index (Phi) is 17.3. The molecule has 6 aromatic rings. The van der Waals surface area contributed by atoms with Crippen LogP contribution in [0.2, 0.25) is 10.0 Å². The topological polar surface area (TPSA) is 146 Å². The van der Waals surface area contributed by atoms with Crippen LogP contribution in [0.4, 0.5) is 50.9 Å². The van der Waals surface area contributed by atoms with Gasteiger partial charge in [0, 0.05) is 28.5 Å². The lowest BCUT2D eigenvalue weighted by atomic mass is 9.78. The number of anilines is 2. The molecule has 0 aliphatic carbocycles. The summed E-state index contributed by atoms with van der Waals surface area (Å²) in [5.74, 6) is -3.48. The number of carbonyl (C=O) groups excluding carboxylic acids is 2. The van der Waals surface area contributed by atoms with Crippen LogP contribution in [0.1, 0.15) is 81.3 Å². The molecule has 11 nitrogen and oxygen atoms in total. The van der Waals surface area contributed by atoms with Crippen LogP contribution < -0.4 is 20.3 Å². The Morgan fingerprint density at radius 3 is 1.64 bits per heavy atom. The van der Waals surface area contributed by atoms with Crippen LogP contribution in [-0.2, 0) is 19.4 Å². The normalized spacial score (nSPS) is 14.2. The van der Waals surface area contributed by atoms with Gasteiger partial charge in [-0.1, -0.05) is 65.7 Å². The average molecular weight is 1070 g/mol. The van der Waals surface area contributed by atoms with Gasteiger partial charge < -0.3 is 24.1 Å². The molecule has 0 atom stereocenters. The number of para-hydroxylation sites is 2.